The first-order valence-electron chi connectivity index (χ1n) is 7.26. The minimum Gasteiger partial charge on any atom is -0.383 e. The van der Waals surface area contributed by atoms with Crippen LogP contribution >= 0.6 is 0 Å². The molecule has 0 atom stereocenters. The van der Waals surface area contributed by atoms with Crippen molar-refractivity contribution in [2.24, 2.45) is 5.10 Å². The Hall–Kier alpha value is -2.81. The van der Waals surface area contributed by atoms with Crippen LogP contribution in [0.4, 0.5) is 5.82 Å². The number of ether oxygens (including phenoxy) is 1. The highest BCUT2D eigenvalue weighted by atomic mass is 16.5. The molecule has 1 heterocycles. The first kappa shape index (κ1) is 19.2. The Morgan fingerprint density at radius 1 is 1.25 bits per heavy atom. The molecule has 0 aliphatic heterocycles. The number of carbonyl (C=O) groups is 3. The third-order valence-electron chi connectivity index (χ3n) is 2.72. The van der Waals surface area contributed by atoms with Gasteiger partial charge in [-0.05, 0) is 26.0 Å². The Morgan fingerprint density at radius 2 is 2.00 bits per heavy atom. The lowest BCUT2D eigenvalue weighted by Gasteiger charge is -2.06. The Kier molecular flexibility index (Phi) is 8.06. The summed E-state index contributed by atoms with van der Waals surface area (Å²) in [6.07, 6.45) is -0.0405. The highest BCUT2D eigenvalue weighted by Gasteiger charge is 2.12. The monoisotopic (exact) mass is 335 g/mol. The second-order valence-electron chi connectivity index (χ2n) is 4.93. The van der Waals surface area contributed by atoms with Crippen molar-refractivity contribution >= 4 is 29.3 Å². The van der Waals surface area contributed by atoms with E-state index in [2.05, 4.69) is 26.1 Å². The van der Waals surface area contributed by atoms with E-state index in [9.17, 15) is 14.4 Å². The van der Waals surface area contributed by atoms with Crippen molar-refractivity contribution < 1.29 is 19.1 Å². The molecule has 3 N–H and O–H groups in total. The molecule has 0 aliphatic rings. The Bertz CT molecular complexity index is 630. The predicted molar refractivity (Wildman–Crippen MR) is 88.4 cm³/mol. The molecule has 130 valence electrons. The first-order valence-corrected chi connectivity index (χ1v) is 7.26. The van der Waals surface area contributed by atoms with Crippen molar-refractivity contribution in [1.29, 1.82) is 0 Å². The smallest absolute Gasteiger partial charge is 0.329 e. The summed E-state index contributed by atoms with van der Waals surface area (Å²) in [6.45, 7) is 3.90. The molecule has 3 amide bonds. The summed E-state index contributed by atoms with van der Waals surface area (Å²) in [6, 6.07) is 5.26. The highest BCUT2D eigenvalue weighted by Crippen LogP contribution is 2.04. The van der Waals surface area contributed by atoms with Crippen LogP contribution in [0.25, 0.3) is 0 Å². The summed E-state index contributed by atoms with van der Waals surface area (Å²) in [5.74, 6) is -1.62. The molecule has 0 fully saturated rings. The summed E-state index contributed by atoms with van der Waals surface area (Å²) in [5.41, 5.74) is 3.22. The van der Waals surface area contributed by atoms with Gasteiger partial charge in [-0.3, -0.25) is 14.4 Å². The lowest BCUT2D eigenvalue weighted by molar-refractivity contribution is -0.139. The minimum atomic E-state index is -0.911. The van der Waals surface area contributed by atoms with Crippen molar-refractivity contribution in [3.8, 4) is 0 Å². The van der Waals surface area contributed by atoms with E-state index in [0.717, 1.165) is 5.69 Å². The molecular weight excluding hydrogens is 314 g/mol. The summed E-state index contributed by atoms with van der Waals surface area (Å²) >= 11 is 0. The van der Waals surface area contributed by atoms with Crippen LogP contribution in [-0.4, -0.2) is 48.7 Å². The fourth-order valence-corrected chi connectivity index (χ4v) is 1.62. The zero-order valence-corrected chi connectivity index (χ0v) is 13.9. The summed E-state index contributed by atoms with van der Waals surface area (Å²) in [7, 11) is 1.48. The van der Waals surface area contributed by atoms with Crippen molar-refractivity contribution in [2.45, 2.75) is 20.3 Å². The highest BCUT2D eigenvalue weighted by molar-refractivity contribution is 6.35. The molecule has 1 aromatic rings. The molecule has 9 nitrogen and oxygen atoms in total. The molecule has 1 rings (SSSR count). The quantitative estimate of drug-likeness (QED) is 0.280. The topological polar surface area (TPSA) is 122 Å². The minimum absolute atomic E-state index is 0.0405. The fourth-order valence-electron chi connectivity index (χ4n) is 1.62. The molecule has 0 saturated carbocycles. The van der Waals surface area contributed by atoms with Crippen LogP contribution < -0.4 is 16.1 Å². The molecule has 1 aromatic heterocycles. The molecule has 0 radical (unpaired) electrons. The molecule has 24 heavy (non-hydrogen) atoms. The van der Waals surface area contributed by atoms with Crippen molar-refractivity contribution in [2.75, 3.05) is 25.6 Å². The number of methoxy groups -OCH3 is 1. The number of nitrogens with zero attached hydrogens (tertiary/aromatic N) is 2. The van der Waals surface area contributed by atoms with E-state index in [1.807, 2.05) is 13.0 Å². The molecule has 0 spiro atoms. The van der Waals surface area contributed by atoms with Gasteiger partial charge < -0.3 is 15.4 Å². The van der Waals surface area contributed by atoms with Gasteiger partial charge in [0.2, 0.25) is 5.91 Å². The normalized spacial score (nSPS) is 10.9. The van der Waals surface area contributed by atoms with E-state index >= 15 is 0 Å². The van der Waals surface area contributed by atoms with E-state index in [0.29, 0.717) is 18.1 Å². The number of hydrogen-bond donors (Lipinski definition) is 3. The van der Waals surface area contributed by atoms with Gasteiger partial charge in [-0.15, -0.1) is 0 Å². The van der Waals surface area contributed by atoms with E-state index in [1.165, 1.54) is 7.11 Å². The van der Waals surface area contributed by atoms with Gasteiger partial charge >= 0.3 is 11.8 Å². The molecule has 0 bridgehead atoms. The second kappa shape index (κ2) is 10.1. The largest absolute Gasteiger partial charge is 0.383 e. The maximum absolute atomic E-state index is 11.8. The van der Waals surface area contributed by atoms with Crippen LogP contribution in [0.15, 0.2) is 23.3 Å². The third-order valence-corrected chi connectivity index (χ3v) is 2.72. The number of carbonyl (C=O) groups excluding carboxylic acids is 3. The van der Waals surface area contributed by atoms with Crippen LogP contribution in [0.5, 0.6) is 0 Å². The number of rotatable bonds is 7. The first-order chi connectivity index (χ1) is 11.4. The second-order valence-corrected chi connectivity index (χ2v) is 4.93. The fraction of sp³-hybridized carbons (Fsp3) is 0.400. The number of hydrazone groups is 1. The van der Waals surface area contributed by atoms with E-state index in [1.54, 1.807) is 19.1 Å². The van der Waals surface area contributed by atoms with Gasteiger partial charge in [0.15, 0.2) is 0 Å². The Labute approximate surface area is 139 Å². The van der Waals surface area contributed by atoms with Crippen LogP contribution in [0, 0.1) is 6.92 Å². The van der Waals surface area contributed by atoms with Crippen molar-refractivity contribution in [3.63, 3.8) is 0 Å². The van der Waals surface area contributed by atoms with Gasteiger partial charge in [-0.1, -0.05) is 6.07 Å². The van der Waals surface area contributed by atoms with E-state index in [4.69, 9.17) is 4.74 Å². The molecule has 0 aromatic carbocycles. The van der Waals surface area contributed by atoms with Crippen LogP contribution in [0.1, 0.15) is 19.0 Å². The molecule has 0 saturated heterocycles. The number of hydrogen-bond acceptors (Lipinski definition) is 6. The summed E-state index contributed by atoms with van der Waals surface area (Å²) < 4.78 is 4.75. The molecule has 0 aliphatic carbocycles. The number of amides is 3. The standard InChI is InChI=1S/C15H21N5O4/c1-10-5-4-6-12(17-10)18-13(21)9-11(2)19-20-15(23)14(22)16-7-8-24-3/h4-6H,7-9H2,1-3H3,(H,16,22)(H,20,23)(H,17,18,21)/b19-11-. The summed E-state index contributed by atoms with van der Waals surface area (Å²) in [4.78, 5) is 38.9. The van der Waals surface area contributed by atoms with Crippen LogP contribution in [-0.2, 0) is 19.1 Å². The predicted octanol–water partition coefficient (Wildman–Crippen LogP) is -0.0267. The number of aromatic nitrogens is 1. The Balaban J connectivity index is 2.41. The number of nitrogens with one attached hydrogen (secondary N) is 3. The molecular formula is C15H21N5O4. The van der Waals surface area contributed by atoms with Crippen molar-refractivity contribution in [3.05, 3.63) is 23.9 Å². The van der Waals surface area contributed by atoms with Gasteiger partial charge in [-0.25, -0.2) is 10.4 Å². The summed E-state index contributed by atoms with van der Waals surface area (Å²) in [5, 5.41) is 8.69. The number of aryl methyl sites for hydroxylation is 1. The van der Waals surface area contributed by atoms with Gasteiger partial charge in [-0.2, -0.15) is 5.10 Å². The zero-order valence-electron chi connectivity index (χ0n) is 13.9. The number of anilines is 1. The van der Waals surface area contributed by atoms with Gasteiger partial charge in [0, 0.05) is 25.1 Å². The maximum Gasteiger partial charge on any atom is 0.329 e. The SMILES string of the molecule is COCCNC(=O)C(=O)N/N=C(/C)CC(=O)Nc1cccc(C)n1. The van der Waals surface area contributed by atoms with Crippen LogP contribution in [0.3, 0.4) is 0 Å². The average molecular weight is 335 g/mol. The van der Waals surface area contributed by atoms with Gasteiger partial charge in [0.25, 0.3) is 0 Å². The van der Waals surface area contributed by atoms with E-state index in [-0.39, 0.29) is 18.9 Å². The molecule has 0 unspecified atom stereocenters. The maximum atomic E-state index is 11.8. The number of pyridine rings is 1. The van der Waals surface area contributed by atoms with Crippen molar-refractivity contribution in [1.82, 2.24) is 15.7 Å². The van der Waals surface area contributed by atoms with E-state index < -0.39 is 11.8 Å². The molecule has 9 heteroatoms. The Morgan fingerprint density at radius 3 is 2.67 bits per heavy atom. The average Bonchev–Trinajstić information content (AvgIpc) is 2.52. The lowest BCUT2D eigenvalue weighted by Crippen LogP contribution is -2.39. The zero-order chi connectivity index (χ0) is 17.9. The third kappa shape index (κ3) is 7.45. The van der Waals surface area contributed by atoms with Gasteiger partial charge in [0.1, 0.15) is 5.82 Å². The lowest BCUT2D eigenvalue weighted by atomic mass is 10.3. The van der Waals surface area contributed by atoms with Crippen LogP contribution in [0.2, 0.25) is 0 Å². The van der Waals surface area contributed by atoms with Gasteiger partial charge in [0.05, 0.1) is 13.0 Å².